The summed E-state index contributed by atoms with van der Waals surface area (Å²) in [6.07, 6.45) is -1.66. The Bertz CT molecular complexity index is 849. The van der Waals surface area contributed by atoms with Gasteiger partial charge in [-0.05, 0) is 36.8 Å². The van der Waals surface area contributed by atoms with Gasteiger partial charge in [0.05, 0.1) is 11.7 Å². The van der Waals surface area contributed by atoms with Crippen molar-refractivity contribution < 1.29 is 60.4 Å². The van der Waals surface area contributed by atoms with E-state index in [0.717, 1.165) is 71.7 Å². The lowest BCUT2D eigenvalue weighted by atomic mass is 9.84. The van der Waals surface area contributed by atoms with Gasteiger partial charge in [0.1, 0.15) is 0 Å². The number of aromatic nitrogens is 1. The zero-order chi connectivity index (χ0) is 28.4. The molecule has 38 heavy (non-hydrogen) atoms. The maximum Gasteiger partial charge on any atom is 0.490 e. The third-order valence-corrected chi connectivity index (χ3v) is 5.99. The fourth-order valence-corrected chi connectivity index (χ4v) is 4.16. The lowest BCUT2D eigenvalue weighted by Gasteiger charge is -2.53. The van der Waals surface area contributed by atoms with Crippen LogP contribution in [0, 0.1) is 5.92 Å². The molecule has 9 nitrogen and oxygen atoms in total. The fourth-order valence-electron chi connectivity index (χ4n) is 4.16. The van der Waals surface area contributed by atoms with E-state index in [1.54, 1.807) is 0 Å². The van der Waals surface area contributed by atoms with Gasteiger partial charge in [0, 0.05) is 64.9 Å². The molecule has 0 saturated carbocycles. The molecule has 0 bridgehead atoms. The minimum absolute atomic E-state index is 0.0286. The van der Waals surface area contributed by atoms with E-state index in [1.165, 1.54) is 5.56 Å². The van der Waals surface area contributed by atoms with Crippen molar-refractivity contribution in [3.05, 3.63) is 30.1 Å². The summed E-state index contributed by atoms with van der Waals surface area (Å²) in [6.45, 7) is 6.51. The molecule has 3 aliphatic heterocycles. The predicted octanol–water partition coefficient (Wildman–Crippen LogP) is 3.52. The van der Waals surface area contributed by atoms with E-state index < -0.39 is 24.3 Å². The molecule has 1 aromatic heterocycles. The molecule has 3 saturated heterocycles. The third-order valence-electron chi connectivity index (χ3n) is 5.99. The normalized spacial score (nSPS) is 21.8. The van der Waals surface area contributed by atoms with E-state index in [0.29, 0.717) is 12.0 Å². The number of hydrogen-bond donors (Lipinski definition) is 2. The van der Waals surface area contributed by atoms with E-state index in [4.69, 9.17) is 34.0 Å². The molecule has 1 atom stereocenters. The third kappa shape index (κ3) is 11.1. The number of likely N-dealkylation sites (tertiary alicyclic amines) is 1. The van der Waals surface area contributed by atoms with E-state index in [-0.39, 0.29) is 5.60 Å². The molecule has 4 heterocycles. The molecule has 3 fully saturated rings. The second-order valence-electron chi connectivity index (χ2n) is 9.15. The number of alkyl halides is 6. The van der Waals surface area contributed by atoms with Crippen LogP contribution in [0.4, 0.5) is 26.3 Å². The molecule has 2 N–H and O–H groups in total. The molecule has 1 unspecified atom stereocenters. The van der Waals surface area contributed by atoms with Crippen LogP contribution in [0.3, 0.4) is 0 Å². The highest BCUT2D eigenvalue weighted by atomic mass is 19.4. The van der Waals surface area contributed by atoms with Gasteiger partial charge in [-0.2, -0.15) is 26.3 Å². The van der Waals surface area contributed by atoms with Crippen LogP contribution in [0.5, 0.6) is 0 Å². The zero-order valence-corrected chi connectivity index (χ0v) is 20.3. The first-order chi connectivity index (χ1) is 17.7. The van der Waals surface area contributed by atoms with Gasteiger partial charge in [-0.25, -0.2) is 9.59 Å². The monoisotopic (exact) mass is 560 g/mol. The minimum Gasteiger partial charge on any atom is -0.475 e. The smallest absolute Gasteiger partial charge is 0.475 e. The van der Waals surface area contributed by atoms with Gasteiger partial charge in [0.2, 0.25) is 0 Å². The number of halogens is 6. The Balaban J connectivity index is 0.000000301. The molecular formula is C23H30F6N2O7. The summed E-state index contributed by atoms with van der Waals surface area (Å²) < 4.78 is 81.3. The van der Waals surface area contributed by atoms with Gasteiger partial charge in [0.25, 0.3) is 0 Å². The van der Waals surface area contributed by atoms with Crippen LogP contribution in [0.15, 0.2) is 24.5 Å². The van der Waals surface area contributed by atoms with Crippen molar-refractivity contribution in [3.63, 3.8) is 0 Å². The second-order valence-corrected chi connectivity index (χ2v) is 9.15. The van der Waals surface area contributed by atoms with E-state index in [1.807, 2.05) is 18.5 Å². The van der Waals surface area contributed by atoms with Crippen LogP contribution in [0.25, 0.3) is 0 Å². The summed E-state index contributed by atoms with van der Waals surface area (Å²) in [4.78, 5) is 24.4. The molecular weight excluding hydrogens is 530 g/mol. The van der Waals surface area contributed by atoms with Crippen molar-refractivity contribution in [2.45, 2.75) is 56.3 Å². The number of aliphatic carboxylic acids is 2. The Morgan fingerprint density at radius 2 is 1.61 bits per heavy atom. The average Bonchev–Trinajstić information content (AvgIpc) is 2.83. The summed E-state index contributed by atoms with van der Waals surface area (Å²) in [5, 5.41) is 14.2. The number of carboxylic acid groups (broad SMARTS) is 2. The molecule has 0 amide bonds. The topological polar surface area (TPSA) is 118 Å². The molecule has 4 rings (SSSR count). The summed E-state index contributed by atoms with van der Waals surface area (Å²) in [6, 6.07) is 4.14. The Hall–Kier alpha value is -2.49. The largest absolute Gasteiger partial charge is 0.490 e. The van der Waals surface area contributed by atoms with Gasteiger partial charge in [-0.3, -0.25) is 9.88 Å². The van der Waals surface area contributed by atoms with Crippen molar-refractivity contribution in [1.82, 2.24) is 9.88 Å². The Morgan fingerprint density at radius 3 is 2.11 bits per heavy atom. The maximum atomic E-state index is 10.6. The summed E-state index contributed by atoms with van der Waals surface area (Å²) >= 11 is 0. The van der Waals surface area contributed by atoms with Gasteiger partial charge < -0.3 is 24.4 Å². The van der Waals surface area contributed by atoms with Gasteiger partial charge >= 0.3 is 24.3 Å². The van der Waals surface area contributed by atoms with Crippen molar-refractivity contribution >= 4 is 11.9 Å². The highest BCUT2D eigenvalue weighted by molar-refractivity contribution is 5.73. The molecule has 0 aliphatic carbocycles. The van der Waals surface area contributed by atoms with Crippen molar-refractivity contribution in [2.75, 3.05) is 39.5 Å². The zero-order valence-electron chi connectivity index (χ0n) is 20.3. The number of carboxylic acids is 2. The van der Waals surface area contributed by atoms with Crippen LogP contribution < -0.4 is 0 Å². The lowest BCUT2D eigenvalue weighted by molar-refractivity contribution is -0.201. The Labute approximate surface area is 214 Å². The minimum atomic E-state index is -5.08. The molecule has 3 aliphatic rings. The van der Waals surface area contributed by atoms with Crippen LogP contribution in [-0.2, 0) is 30.3 Å². The first kappa shape index (κ1) is 31.7. The van der Waals surface area contributed by atoms with Gasteiger partial charge in [-0.15, -0.1) is 0 Å². The first-order valence-electron chi connectivity index (χ1n) is 11.7. The number of ether oxygens (including phenoxy) is 3. The van der Waals surface area contributed by atoms with Crippen LogP contribution in [-0.4, -0.2) is 95.6 Å². The standard InChI is InChI=1S/C19H28N2O3.2C2HF3O2/c1-2-17(11-20-6-1)12-21-14-19(15-21)10-18(5-9-24-19)23-13-16-3-7-22-8-4-16;2*3-2(4,5)1(6)7/h1-2,6,11,16,18H,3-5,7-10,12-15H2;2*(H,6,7). The highest BCUT2D eigenvalue weighted by Crippen LogP contribution is 2.36. The summed E-state index contributed by atoms with van der Waals surface area (Å²) in [5.41, 5.74) is 1.30. The Morgan fingerprint density at radius 1 is 1.03 bits per heavy atom. The molecule has 1 spiro atoms. The van der Waals surface area contributed by atoms with Crippen molar-refractivity contribution in [2.24, 2.45) is 5.92 Å². The maximum absolute atomic E-state index is 10.6. The fraction of sp³-hybridized carbons (Fsp3) is 0.696. The van der Waals surface area contributed by atoms with E-state index >= 15 is 0 Å². The number of hydrogen-bond acceptors (Lipinski definition) is 7. The summed E-state index contributed by atoms with van der Waals surface area (Å²) in [5.74, 6) is -4.83. The number of nitrogens with zero attached hydrogens (tertiary/aromatic N) is 2. The molecule has 0 aromatic carbocycles. The van der Waals surface area contributed by atoms with Crippen LogP contribution in [0.2, 0.25) is 0 Å². The average molecular weight is 560 g/mol. The van der Waals surface area contributed by atoms with Gasteiger partial charge in [-0.1, -0.05) is 6.07 Å². The molecule has 1 aromatic rings. The SMILES string of the molecule is O=C(O)C(F)(F)F.O=C(O)C(F)(F)F.c1cncc(CN2CC3(CC(OCC4CCOCC4)CCO3)C2)c1. The van der Waals surface area contributed by atoms with E-state index in [9.17, 15) is 26.3 Å². The van der Waals surface area contributed by atoms with Crippen molar-refractivity contribution in [3.8, 4) is 0 Å². The van der Waals surface area contributed by atoms with Crippen LogP contribution >= 0.6 is 0 Å². The van der Waals surface area contributed by atoms with Crippen LogP contribution in [0.1, 0.15) is 31.2 Å². The summed E-state index contributed by atoms with van der Waals surface area (Å²) in [7, 11) is 0. The number of rotatable bonds is 5. The second kappa shape index (κ2) is 14.1. The number of pyridine rings is 1. The molecule has 15 heteroatoms. The molecule has 216 valence electrons. The first-order valence-corrected chi connectivity index (χ1v) is 11.7. The van der Waals surface area contributed by atoms with Gasteiger partial charge in [0.15, 0.2) is 0 Å². The molecule has 0 radical (unpaired) electrons. The lowest BCUT2D eigenvalue weighted by Crippen LogP contribution is -2.65. The Kier molecular flexibility index (Phi) is 11.7. The number of carbonyl (C=O) groups is 2. The van der Waals surface area contributed by atoms with Crippen molar-refractivity contribution in [1.29, 1.82) is 0 Å². The highest BCUT2D eigenvalue weighted by Gasteiger charge is 2.47. The quantitative estimate of drug-likeness (QED) is 0.522. The van der Waals surface area contributed by atoms with E-state index in [2.05, 4.69) is 16.0 Å². The predicted molar refractivity (Wildman–Crippen MR) is 118 cm³/mol.